The molecule has 1 heterocycles. The molecule has 19 heavy (non-hydrogen) atoms. The number of rotatable bonds is 4. The van der Waals surface area contributed by atoms with Gasteiger partial charge < -0.3 is 10.1 Å². The van der Waals surface area contributed by atoms with Gasteiger partial charge in [-0.05, 0) is 59.7 Å². The zero-order valence-electron chi connectivity index (χ0n) is 10.7. The van der Waals surface area contributed by atoms with Gasteiger partial charge in [-0.2, -0.15) is 0 Å². The highest BCUT2D eigenvalue weighted by Gasteiger charge is 2.08. The van der Waals surface area contributed by atoms with Gasteiger partial charge in [0.2, 0.25) is 5.88 Å². The third-order valence-electron chi connectivity index (χ3n) is 2.60. The summed E-state index contributed by atoms with van der Waals surface area (Å²) >= 11 is 3.38. The molecule has 0 bridgehead atoms. The van der Waals surface area contributed by atoms with Gasteiger partial charge in [0, 0.05) is 22.8 Å². The first-order chi connectivity index (χ1) is 9.10. The molecule has 3 nitrogen and oxygen atoms in total. The molecule has 2 rings (SSSR count). The van der Waals surface area contributed by atoms with Crippen molar-refractivity contribution in [1.82, 2.24) is 10.3 Å². The van der Waals surface area contributed by atoms with Crippen LogP contribution in [0.4, 0.5) is 4.39 Å². The van der Waals surface area contributed by atoms with Crippen LogP contribution in [-0.4, -0.2) is 12.0 Å². The van der Waals surface area contributed by atoms with Crippen molar-refractivity contribution in [2.45, 2.75) is 13.5 Å². The number of aromatic nitrogens is 1. The monoisotopic (exact) mass is 324 g/mol. The van der Waals surface area contributed by atoms with E-state index < -0.39 is 0 Å². The van der Waals surface area contributed by atoms with E-state index in [1.54, 1.807) is 25.3 Å². The van der Waals surface area contributed by atoms with Crippen LogP contribution in [0, 0.1) is 12.7 Å². The minimum Gasteiger partial charge on any atom is -0.439 e. The predicted octanol–water partition coefficient (Wildman–Crippen LogP) is 3.80. The third kappa shape index (κ3) is 3.52. The number of nitrogens with one attached hydrogen (secondary N) is 1. The smallest absolute Gasteiger partial charge is 0.223 e. The fourth-order valence-corrected chi connectivity index (χ4v) is 2.05. The SMILES string of the molecule is CNCc1cc(Br)cnc1Oc1ccc(F)c(C)c1. The molecule has 5 heteroatoms. The largest absolute Gasteiger partial charge is 0.439 e. The first kappa shape index (κ1) is 14.0. The second kappa shape index (κ2) is 6.12. The molecular weight excluding hydrogens is 311 g/mol. The van der Waals surface area contributed by atoms with Gasteiger partial charge in [-0.15, -0.1) is 0 Å². The Morgan fingerprint density at radius 1 is 1.37 bits per heavy atom. The summed E-state index contributed by atoms with van der Waals surface area (Å²) in [6.45, 7) is 2.34. The lowest BCUT2D eigenvalue weighted by Crippen LogP contribution is -2.07. The van der Waals surface area contributed by atoms with Crippen LogP contribution in [0.3, 0.4) is 0 Å². The number of pyridine rings is 1. The van der Waals surface area contributed by atoms with Gasteiger partial charge in [-0.3, -0.25) is 0 Å². The molecular formula is C14H14BrFN2O. The fourth-order valence-electron chi connectivity index (χ4n) is 1.67. The standard InChI is InChI=1S/C14H14BrFN2O/c1-9-5-12(3-4-13(9)16)19-14-10(7-17-2)6-11(15)8-18-14/h3-6,8,17H,7H2,1-2H3. The maximum absolute atomic E-state index is 13.2. The van der Waals surface area contributed by atoms with Crippen LogP contribution in [0.15, 0.2) is 34.9 Å². The predicted molar refractivity (Wildman–Crippen MR) is 75.9 cm³/mol. The summed E-state index contributed by atoms with van der Waals surface area (Å²) in [6, 6.07) is 6.58. The molecule has 0 aliphatic carbocycles. The lowest BCUT2D eigenvalue weighted by Gasteiger charge is -2.10. The number of halogens is 2. The summed E-state index contributed by atoms with van der Waals surface area (Å²) in [4.78, 5) is 4.24. The van der Waals surface area contributed by atoms with E-state index in [0.29, 0.717) is 23.7 Å². The molecule has 2 aromatic rings. The van der Waals surface area contributed by atoms with E-state index in [9.17, 15) is 4.39 Å². The quantitative estimate of drug-likeness (QED) is 0.928. The Morgan fingerprint density at radius 2 is 2.16 bits per heavy atom. The summed E-state index contributed by atoms with van der Waals surface area (Å²) in [5.74, 6) is 0.848. The topological polar surface area (TPSA) is 34.2 Å². The summed E-state index contributed by atoms with van der Waals surface area (Å²) in [5.41, 5.74) is 1.48. The van der Waals surface area contributed by atoms with Gasteiger partial charge in [-0.1, -0.05) is 0 Å². The maximum atomic E-state index is 13.2. The number of hydrogen-bond acceptors (Lipinski definition) is 3. The van der Waals surface area contributed by atoms with Crippen LogP contribution in [-0.2, 0) is 6.54 Å². The molecule has 0 aliphatic rings. The van der Waals surface area contributed by atoms with Crippen molar-refractivity contribution in [3.63, 3.8) is 0 Å². The molecule has 0 amide bonds. The Labute approximate surface area is 119 Å². The van der Waals surface area contributed by atoms with Gasteiger partial charge >= 0.3 is 0 Å². The molecule has 100 valence electrons. The second-order valence-corrected chi connectivity index (χ2v) is 5.08. The van der Waals surface area contributed by atoms with Crippen LogP contribution in [0.5, 0.6) is 11.6 Å². The maximum Gasteiger partial charge on any atom is 0.223 e. The highest BCUT2D eigenvalue weighted by Crippen LogP contribution is 2.26. The van der Waals surface area contributed by atoms with Crippen molar-refractivity contribution in [2.75, 3.05) is 7.05 Å². The Morgan fingerprint density at radius 3 is 2.84 bits per heavy atom. The van der Waals surface area contributed by atoms with Crippen LogP contribution in [0.1, 0.15) is 11.1 Å². The van der Waals surface area contributed by atoms with Gasteiger partial charge in [0.1, 0.15) is 11.6 Å². The van der Waals surface area contributed by atoms with Gasteiger partial charge in [0.15, 0.2) is 0 Å². The highest BCUT2D eigenvalue weighted by molar-refractivity contribution is 9.10. The number of benzene rings is 1. The Kier molecular flexibility index (Phi) is 4.50. The van der Waals surface area contributed by atoms with Crippen molar-refractivity contribution in [2.24, 2.45) is 0 Å². The molecule has 0 spiro atoms. The Hall–Kier alpha value is -1.46. The van der Waals surface area contributed by atoms with E-state index in [1.165, 1.54) is 6.07 Å². The zero-order chi connectivity index (χ0) is 13.8. The first-order valence-electron chi connectivity index (χ1n) is 5.83. The number of nitrogens with zero attached hydrogens (tertiary/aromatic N) is 1. The Balaban J connectivity index is 2.29. The van der Waals surface area contributed by atoms with Crippen molar-refractivity contribution in [3.05, 3.63) is 51.9 Å². The number of ether oxygens (including phenoxy) is 1. The number of aryl methyl sites for hydroxylation is 1. The second-order valence-electron chi connectivity index (χ2n) is 4.16. The molecule has 0 unspecified atom stereocenters. The lowest BCUT2D eigenvalue weighted by atomic mass is 10.2. The lowest BCUT2D eigenvalue weighted by molar-refractivity contribution is 0.452. The van der Waals surface area contributed by atoms with Gasteiger partial charge in [0.05, 0.1) is 0 Å². The highest BCUT2D eigenvalue weighted by atomic mass is 79.9. The third-order valence-corrected chi connectivity index (χ3v) is 3.04. The minimum absolute atomic E-state index is 0.244. The Bertz CT molecular complexity index is 590. The molecule has 0 radical (unpaired) electrons. The fraction of sp³-hybridized carbons (Fsp3) is 0.214. The molecule has 0 aliphatic heterocycles. The van der Waals surface area contributed by atoms with E-state index in [1.807, 2.05) is 13.1 Å². The first-order valence-corrected chi connectivity index (χ1v) is 6.62. The summed E-state index contributed by atoms with van der Waals surface area (Å²) < 4.78 is 19.8. The van der Waals surface area contributed by atoms with Crippen LogP contribution in [0.2, 0.25) is 0 Å². The van der Waals surface area contributed by atoms with E-state index in [2.05, 4.69) is 26.2 Å². The van der Waals surface area contributed by atoms with Crippen molar-refractivity contribution in [1.29, 1.82) is 0 Å². The molecule has 0 saturated carbocycles. The van der Waals surface area contributed by atoms with E-state index in [4.69, 9.17) is 4.74 Å². The van der Waals surface area contributed by atoms with Gasteiger partial charge in [0.25, 0.3) is 0 Å². The van der Waals surface area contributed by atoms with Crippen molar-refractivity contribution >= 4 is 15.9 Å². The van der Waals surface area contributed by atoms with Crippen LogP contribution >= 0.6 is 15.9 Å². The number of hydrogen-bond donors (Lipinski definition) is 1. The normalized spacial score (nSPS) is 10.5. The van der Waals surface area contributed by atoms with E-state index >= 15 is 0 Å². The average Bonchev–Trinajstić information content (AvgIpc) is 2.37. The molecule has 1 N–H and O–H groups in total. The van der Waals surface area contributed by atoms with E-state index in [-0.39, 0.29) is 5.82 Å². The average molecular weight is 325 g/mol. The molecule has 0 saturated heterocycles. The summed E-state index contributed by atoms with van der Waals surface area (Å²) in [5, 5.41) is 3.06. The van der Waals surface area contributed by atoms with Crippen molar-refractivity contribution in [3.8, 4) is 11.6 Å². The van der Waals surface area contributed by atoms with E-state index in [0.717, 1.165) is 10.0 Å². The molecule has 1 aromatic carbocycles. The summed E-state index contributed by atoms with van der Waals surface area (Å²) in [7, 11) is 1.85. The van der Waals surface area contributed by atoms with Crippen LogP contribution in [0.25, 0.3) is 0 Å². The summed E-state index contributed by atoms with van der Waals surface area (Å²) in [6.07, 6.45) is 1.67. The minimum atomic E-state index is -0.244. The molecule has 1 aromatic heterocycles. The molecule has 0 atom stereocenters. The van der Waals surface area contributed by atoms with Crippen LogP contribution < -0.4 is 10.1 Å². The van der Waals surface area contributed by atoms with Gasteiger partial charge in [-0.25, -0.2) is 9.37 Å². The zero-order valence-corrected chi connectivity index (χ0v) is 12.3. The van der Waals surface area contributed by atoms with Crippen molar-refractivity contribution < 1.29 is 9.13 Å². The molecule has 0 fully saturated rings.